The van der Waals surface area contributed by atoms with Gasteiger partial charge in [0.1, 0.15) is 0 Å². The molecule has 98 valence electrons. The third-order valence-electron chi connectivity index (χ3n) is 4.08. The molecule has 0 unspecified atom stereocenters. The van der Waals surface area contributed by atoms with E-state index in [0.717, 1.165) is 6.42 Å². The lowest BCUT2D eigenvalue weighted by molar-refractivity contribution is 0.195. The van der Waals surface area contributed by atoms with Crippen molar-refractivity contribution in [2.45, 2.75) is 57.9 Å². The molecule has 0 aliphatic carbocycles. The number of rotatable bonds is 6. The summed E-state index contributed by atoms with van der Waals surface area (Å²) in [7, 11) is 0. The summed E-state index contributed by atoms with van der Waals surface area (Å²) in [5.41, 5.74) is 0.350. The first-order chi connectivity index (χ1) is 8.26. The Morgan fingerprint density at radius 2 is 2.06 bits per heavy atom. The van der Waals surface area contributed by atoms with Crippen molar-refractivity contribution in [1.29, 1.82) is 0 Å². The van der Waals surface area contributed by atoms with E-state index in [-0.39, 0.29) is 0 Å². The predicted molar refractivity (Wildman–Crippen MR) is 75.1 cm³/mol. The first kappa shape index (κ1) is 14.5. The lowest BCUT2D eigenvalue weighted by Crippen LogP contribution is -2.50. The van der Waals surface area contributed by atoms with Crippen LogP contribution in [0.3, 0.4) is 0 Å². The Hall–Kier alpha value is -0.520. The largest absolute Gasteiger partial charge is 0.310 e. The molecule has 2 heteroatoms. The summed E-state index contributed by atoms with van der Waals surface area (Å²) < 4.78 is 0. The Bertz CT molecular complexity index is 238. The highest BCUT2D eigenvalue weighted by atomic mass is 15.2. The highest BCUT2D eigenvalue weighted by Gasteiger charge is 2.29. The van der Waals surface area contributed by atoms with Gasteiger partial charge in [-0.3, -0.25) is 0 Å². The van der Waals surface area contributed by atoms with Crippen molar-refractivity contribution in [1.82, 2.24) is 10.2 Å². The van der Waals surface area contributed by atoms with E-state index >= 15 is 0 Å². The molecule has 17 heavy (non-hydrogen) atoms. The van der Waals surface area contributed by atoms with Crippen LogP contribution in [0, 0.1) is 12.3 Å². The van der Waals surface area contributed by atoms with Crippen molar-refractivity contribution in [2.75, 3.05) is 26.2 Å². The van der Waals surface area contributed by atoms with Crippen molar-refractivity contribution in [3.8, 4) is 12.3 Å². The van der Waals surface area contributed by atoms with Crippen LogP contribution in [0.5, 0.6) is 0 Å². The highest BCUT2D eigenvalue weighted by molar-refractivity contribution is 4.91. The number of hydrogen-bond donors (Lipinski definition) is 1. The number of terminal acetylenes is 1. The smallest absolute Gasteiger partial charge is 0.0303 e. The summed E-state index contributed by atoms with van der Waals surface area (Å²) in [6.45, 7) is 9.44. The fourth-order valence-corrected chi connectivity index (χ4v) is 2.70. The van der Waals surface area contributed by atoms with E-state index in [1.54, 1.807) is 0 Å². The molecule has 1 heterocycles. The van der Waals surface area contributed by atoms with Gasteiger partial charge in [-0.2, -0.15) is 0 Å². The van der Waals surface area contributed by atoms with Crippen LogP contribution in [0.25, 0.3) is 0 Å². The Labute approximate surface area is 107 Å². The second kappa shape index (κ2) is 7.74. The van der Waals surface area contributed by atoms with Gasteiger partial charge in [0.2, 0.25) is 0 Å². The van der Waals surface area contributed by atoms with E-state index in [1.165, 1.54) is 58.3 Å². The molecule has 0 amide bonds. The van der Waals surface area contributed by atoms with Gasteiger partial charge < -0.3 is 10.2 Å². The molecule has 1 N–H and O–H groups in total. The predicted octanol–water partition coefficient (Wildman–Crippen LogP) is 2.64. The molecule has 0 saturated carbocycles. The molecular formula is C15H28N2. The minimum atomic E-state index is 0.350. The van der Waals surface area contributed by atoms with Crippen LogP contribution in [-0.2, 0) is 0 Å². The molecule has 1 aliphatic heterocycles. The summed E-state index contributed by atoms with van der Waals surface area (Å²) in [6, 6.07) is 0. The van der Waals surface area contributed by atoms with Crippen molar-refractivity contribution >= 4 is 0 Å². The lowest BCUT2D eigenvalue weighted by Gasteiger charge is -2.35. The molecule has 0 radical (unpaired) electrons. The first-order valence-corrected chi connectivity index (χ1v) is 7.17. The summed E-state index contributed by atoms with van der Waals surface area (Å²) >= 11 is 0. The van der Waals surface area contributed by atoms with E-state index in [4.69, 9.17) is 6.42 Å². The third kappa shape index (κ3) is 4.69. The van der Waals surface area contributed by atoms with Gasteiger partial charge in [0.05, 0.1) is 0 Å². The molecule has 0 aromatic carbocycles. The quantitative estimate of drug-likeness (QED) is 0.563. The van der Waals surface area contributed by atoms with Crippen LogP contribution in [0.1, 0.15) is 52.4 Å². The van der Waals surface area contributed by atoms with Crippen molar-refractivity contribution in [2.24, 2.45) is 0 Å². The van der Waals surface area contributed by atoms with Crippen LogP contribution in [0.2, 0.25) is 0 Å². The van der Waals surface area contributed by atoms with Gasteiger partial charge in [-0.05, 0) is 51.7 Å². The Balaban J connectivity index is 2.40. The summed E-state index contributed by atoms with van der Waals surface area (Å²) in [6.07, 6.45) is 12.4. The van der Waals surface area contributed by atoms with Gasteiger partial charge in [-0.1, -0.05) is 13.8 Å². The van der Waals surface area contributed by atoms with Gasteiger partial charge in [-0.15, -0.1) is 12.3 Å². The Morgan fingerprint density at radius 1 is 1.29 bits per heavy atom. The summed E-state index contributed by atoms with van der Waals surface area (Å²) in [5.74, 6) is 2.73. The normalized spacial score (nSPS) is 20.8. The SMILES string of the molecule is C#CCCCCN1CCCNC(CC)(CC)C1. The molecular weight excluding hydrogens is 208 g/mol. The minimum Gasteiger partial charge on any atom is -0.310 e. The van der Waals surface area contributed by atoms with E-state index in [9.17, 15) is 0 Å². The molecule has 1 saturated heterocycles. The van der Waals surface area contributed by atoms with Gasteiger partial charge in [0.25, 0.3) is 0 Å². The molecule has 1 rings (SSSR count). The van der Waals surface area contributed by atoms with Gasteiger partial charge >= 0.3 is 0 Å². The molecule has 1 fully saturated rings. The fraction of sp³-hybridized carbons (Fsp3) is 0.867. The zero-order chi connectivity index (χ0) is 12.6. The lowest BCUT2D eigenvalue weighted by atomic mass is 9.92. The zero-order valence-corrected chi connectivity index (χ0v) is 11.6. The van der Waals surface area contributed by atoms with Crippen molar-refractivity contribution in [3.63, 3.8) is 0 Å². The molecule has 0 aromatic rings. The van der Waals surface area contributed by atoms with Gasteiger partial charge in [0.15, 0.2) is 0 Å². The average Bonchev–Trinajstić information content (AvgIpc) is 2.58. The van der Waals surface area contributed by atoms with E-state index in [2.05, 4.69) is 30.0 Å². The van der Waals surface area contributed by atoms with E-state index in [0.29, 0.717) is 5.54 Å². The maximum atomic E-state index is 5.29. The number of hydrogen-bond acceptors (Lipinski definition) is 2. The van der Waals surface area contributed by atoms with Gasteiger partial charge in [0, 0.05) is 18.5 Å². The third-order valence-corrected chi connectivity index (χ3v) is 4.08. The molecule has 1 aliphatic rings. The highest BCUT2D eigenvalue weighted by Crippen LogP contribution is 2.20. The molecule has 0 atom stereocenters. The standard InChI is InChI=1S/C15H28N2/c1-4-7-8-9-12-17-13-10-11-16-15(5-2,6-3)14-17/h1,16H,5-14H2,2-3H3. The molecule has 0 spiro atoms. The Kier molecular flexibility index (Phi) is 6.62. The molecule has 0 aromatic heterocycles. The second-order valence-corrected chi connectivity index (χ2v) is 5.21. The maximum Gasteiger partial charge on any atom is 0.0303 e. The summed E-state index contributed by atoms with van der Waals surface area (Å²) in [4.78, 5) is 2.63. The average molecular weight is 236 g/mol. The monoisotopic (exact) mass is 236 g/mol. The topological polar surface area (TPSA) is 15.3 Å². The fourth-order valence-electron chi connectivity index (χ4n) is 2.70. The second-order valence-electron chi connectivity index (χ2n) is 5.21. The maximum absolute atomic E-state index is 5.29. The summed E-state index contributed by atoms with van der Waals surface area (Å²) in [5, 5.41) is 3.75. The van der Waals surface area contributed by atoms with Gasteiger partial charge in [-0.25, -0.2) is 0 Å². The van der Waals surface area contributed by atoms with Crippen molar-refractivity contribution < 1.29 is 0 Å². The Morgan fingerprint density at radius 3 is 2.71 bits per heavy atom. The number of unbranched alkanes of at least 4 members (excludes halogenated alkanes) is 2. The minimum absolute atomic E-state index is 0.350. The molecule has 2 nitrogen and oxygen atoms in total. The van der Waals surface area contributed by atoms with Crippen LogP contribution in [0.4, 0.5) is 0 Å². The number of nitrogens with one attached hydrogen (secondary N) is 1. The first-order valence-electron chi connectivity index (χ1n) is 7.17. The van der Waals surface area contributed by atoms with E-state index < -0.39 is 0 Å². The molecule has 0 bridgehead atoms. The van der Waals surface area contributed by atoms with Crippen LogP contribution >= 0.6 is 0 Å². The number of nitrogens with zero attached hydrogens (tertiary/aromatic N) is 1. The van der Waals surface area contributed by atoms with Crippen molar-refractivity contribution in [3.05, 3.63) is 0 Å². The van der Waals surface area contributed by atoms with Crippen LogP contribution in [0.15, 0.2) is 0 Å². The van der Waals surface area contributed by atoms with Crippen LogP contribution in [-0.4, -0.2) is 36.6 Å². The van der Waals surface area contributed by atoms with Crippen LogP contribution < -0.4 is 5.32 Å². The van der Waals surface area contributed by atoms with E-state index in [1.807, 2.05) is 0 Å². The zero-order valence-electron chi connectivity index (χ0n) is 11.6.